The Bertz CT molecular complexity index is 1050. The molecule has 2 fully saturated rings. The molecule has 0 aliphatic carbocycles. The lowest BCUT2D eigenvalue weighted by molar-refractivity contribution is -0.133. The highest BCUT2D eigenvalue weighted by atomic mass is 16.5. The van der Waals surface area contributed by atoms with Crippen LogP contribution in [0.25, 0.3) is 11.0 Å². The number of benzene rings is 1. The van der Waals surface area contributed by atoms with E-state index in [0.717, 1.165) is 48.3 Å². The number of likely N-dealkylation sites (tertiary alicyclic amines) is 1. The minimum atomic E-state index is 0.172. The zero-order valence-corrected chi connectivity index (χ0v) is 17.8. The van der Waals surface area contributed by atoms with Crippen molar-refractivity contribution < 1.29 is 9.53 Å². The van der Waals surface area contributed by atoms with Gasteiger partial charge in [0.2, 0.25) is 5.91 Å². The van der Waals surface area contributed by atoms with Gasteiger partial charge in [0, 0.05) is 49.3 Å². The number of hydrogen-bond donors (Lipinski definition) is 0. The van der Waals surface area contributed by atoms with Crippen LogP contribution in [-0.4, -0.2) is 57.5 Å². The van der Waals surface area contributed by atoms with E-state index in [1.165, 1.54) is 5.56 Å². The molecule has 7 heteroatoms. The summed E-state index contributed by atoms with van der Waals surface area (Å²) < 4.78 is 5.82. The Labute approximate surface area is 182 Å². The van der Waals surface area contributed by atoms with E-state index in [2.05, 4.69) is 38.9 Å². The normalized spacial score (nSPS) is 20.4. The largest absolute Gasteiger partial charge is 0.376 e. The predicted molar refractivity (Wildman–Crippen MR) is 119 cm³/mol. The Kier molecular flexibility index (Phi) is 5.51. The molecule has 1 amide bonds. The maximum Gasteiger partial charge on any atom is 0.225 e. The number of rotatable bonds is 6. The summed E-state index contributed by atoms with van der Waals surface area (Å²) in [5, 5.41) is 0. The zero-order valence-electron chi connectivity index (χ0n) is 17.8. The second-order valence-electron chi connectivity index (χ2n) is 8.43. The minimum Gasteiger partial charge on any atom is -0.376 e. The molecule has 4 heterocycles. The van der Waals surface area contributed by atoms with Crippen LogP contribution in [0, 0.1) is 6.92 Å². The molecule has 1 aromatic carbocycles. The number of carbonyl (C=O) groups is 1. The second-order valence-corrected chi connectivity index (χ2v) is 8.43. The Morgan fingerprint density at radius 3 is 2.65 bits per heavy atom. The van der Waals surface area contributed by atoms with Gasteiger partial charge >= 0.3 is 0 Å². The van der Waals surface area contributed by atoms with E-state index in [1.54, 1.807) is 12.4 Å². The van der Waals surface area contributed by atoms with Gasteiger partial charge in [-0.05, 0) is 37.5 Å². The van der Waals surface area contributed by atoms with Gasteiger partial charge in [-0.3, -0.25) is 14.8 Å². The SMILES string of the molecule is Cc1ccc(N2C3CCC2CN(C(=O)CCOCc2cccc4nccnc24)C3)nc1. The molecule has 2 aliphatic heterocycles. The third-order valence-electron chi connectivity index (χ3n) is 6.30. The van der Waals surface area contributed by atoms with Gasteiger partial charge in [0.15, 0.2) is 0 Å². The van der Waals surface area contributed by atoms with Crippen molar-refractivity contribution in [2.45, 2.75) is 44.9 Å². The van der Waals surface area contributed by atoms with E-state index >= 15 is 0 Å². The summed E-state index contributed by atoms with van der Waals surface area (Å²) in [6.45, 7) is 4.43. The van der Waals surface area contributed by atoms with Gasteiger partial charge < -0.3 is 14.5 Å². The first-order valence-electron chi connectivity index (χ1n) is 10.9. The molecule has 0 saturated carbocycles. The summed E-state index contributed by atoms with van der Waals surface area (Å²) >= 11 is 0. The molecule has 160 valence electrons. The van der Waals surface area contributed by atoms with Crippen LogP contribution in [0.15, 0.2) is 48.9 Å². The van der Waals surface area contributed by atoms with Crippen molar-refractivity contribution in [3.05, 3.63) is 60.0 Å². The lowest BCUT2D eigenvalue weighted by Gasteiger charge is -2.41. The lowest BCUT2D eigenvalue weighted by atomic mass is 10.1. The summed E-state index contributed by atoms with van der Waals surface area (Å²) in [6.07, 6.45) is 7.93. The van der Waals surface area contributed by atoms with Crippen LogP contribution in [0.3, 0.4) is 0 Å². The molecule has 2 aromatic heterocycles. The summed E-state index contributed by atoms with van der Waals surface area (Å²) in [4.78, 5) is 30.6. The summed E-state index contributed by atoms with van der Waals surface area (Å²) in [6, 6.07) is 10.8. The molecular formula is C24H27N5O2. The highest BCUT2D eigenvalue weighted by Crippen LogP contribution is 2.34. The molecule has 0 N–H and O–H groups in total. The molecule has 0 radical (unpaired) electrons. The van der Waals surface area contributed by atoms with Gasteiger partial charge in [0.1, 0.15) is 5.82 Å². The van der Waals surface area contributed by atoms with Crippen molar-refractivity contribution in [2.75, 3.05) is 24.6 Å². The molecule has 2 saturated heterocycles. The third-order valence-corrected chi connectivity index (χ3v) is 6.30. The molecule has 5 rings (SSSR count). The fourth-order valence-electron chi connectivity index (χ4n) is 4.76. The predicted octanol–water partition coefficient (Wildman–Crippen LogP) is 3.12. The highest BCUT2D eigenvalue weighted by molar-refractivity contribution is 5.78. The van der Waals surface area contributed by atoms with Crippen LogP contribution in [0.5, 0.6) is 0 Å². The lowest BCUT2D eigenvalue weighted by Crippen LogP contribution is -2.55. The number of ether oxygens (including phenoxy) is 1. The number of amides is 1. The number of piperazine rings is 1. The molecule has 31 heavy (non-hydrogen) atoms. The number of fused-ring (bicyclic) bond motifs is 3. The van der Waals surface area contributed by atoms with Crippen LogP contribution in [0.4, 0.5) is 5.82 Å². The van der Waals surface area contributed by atoms with Crippen molar-refractivity contribution in [3.8, 4) is 0 Å². The third kappa shape index (κ3) is 4.10. The van der Waals surface area contributed by atoms with E-state index in [0.29, 0.717) is 31.7 Å². The number of nitrogens with zero attached hydrogens (tertiary/aromatic N) is 5. The maximum absolute atomic E-state index is 12.8. The van der Waals surface area contributed by atoms with Gasteiger partial charge in [-0.15, -0.1) is 0 Å². The van der Waals surface area contributed by atoms with Gasteiger partial charge in [-0.25, -0.2) is 4.98 Å². The maximum atomic E-state index is 12.8. The van der Waals surface area contributed by atoms with Gasteiger partial charge in [0.25, 0.3) is 0 Å². The zero-order chi connectivity index (χ0) is 21.2. The van der Waals surface area contributed by atoms with Crippen LogP contribution in [0.2, 0.25) is 0 Å². The number of carbonyl (C=O) groups excluding carboxylic acids is 1. The van der Waals surface area contributed by atoms with Gasteiger partial charge in [-0.2, -0.15) is 0 Å². The highest BCUT2D eigenvalue weighted by Gasteiger charge is 2.41. The number of pyridine rings is 1. The molecule has 2 aliphatic rings. The molecule has 2 atom stereocenters. The average molecular weight is 418 g/mol. The van der Waals surface area contributed by atoms with E-state index in [-0.39, 0.29) is 5.91 Å². The number of para-hydroxylation sites is 1. The molecule has 3 aromatic rings. The van der Waals surface area contributed by atoms with Crippen molar-refractivity contribution >= 4 is 22.8 Å². The number of anilines is 1. The van der Waals surface area contributed by atoms with Crippen LogP contribution < -0.4 is 4.90 Å². The van der Waals surface area contributed by atoms with Crippen molar-refractivity contribution in [1.82, 2.24) is 19.9 Å². The van der Waals surface area contributed by atoms with E-state index in [9.17, 15) is 4.79 Å². The first kappa shape index (κ1) is 19.9. The monoisotopic (exact) mass is 417 g/mol. The van der Waals surface area contributed by atoms with Crippen molar-refractivity contribution in [2.24, 2.45) is 0 Å². The van der Waals surface area contributed by atoms with Crippen LogP contribution in [-0.2, 0) is 16.1 Å². The van der Waals surface area contributed by atoms with Crippen molar-refractivity contribution in [1.29, 1.82) is 0 Å². The quantitative estimate of drug-likeness (QED) is 0.574. The Morgan fingerprint density at radius 2 is 1.87 bits per heavy atom. The number of hydrogen-bond acceptors (Lipinski definition) is 6. The molecule has 2 bridgehead atoms. The minimum absolute atomic E-state index is 0.172. The van der Waals surface area contributed by atoms with E-state index in [4.69, 9.17) is 4.74 Å². The topological polar surface area (TPSA) is 71.5 Å². The Morgan fingerprint density at radius 1 is 1.06 bits per heavy atom. The smallest absolute Gasteiger partial charge is 0.225 e. The molecule has 0 spiro atoms. The molecule has 7 nitrogen and oxygen atoms in total. The first-order chi connectivity index (χ1) is 15.2. The molecule has 2 unspecified atom stereocenters. The Hall–Kier alpha value is -3.06. The van der Waals surface area contributed by atoms with E-state index in [1.807, 2.05) is 29.3 Å². The summed E-state index contributed by atoms with van der Waals surface area (Å²) in [5.74, 6) is 1.21. The Balaban J connectivity index is 1.14. The fourth-order valence-corrected chi connectivity index (χ4v) is 4.76. The molecular weight excluding hydrogens is 390 g/mol. The number of aromatic nitrogens is 3. The standard InChI is InChI=1S/C24H27N5O2/c1-17-5-8-22(27-13-17)29-19-6-7-20(29)15-28(14-19)23(30)9-12-31-16-18-3-2-4-21-24(18)26-11-10-25-21/h2-5,8,10-11,13,19-20H,6-7,9,12,14-16H2,1H3. The van der Waals surface area contributed by atoms with Crippen LogP contribution in [0.1, 0.15) is 30.4 Å². The van der Waals surface area contributed by atoms with E-state index < -0.39 is 0 Å². The fraction of sp³-hybridized carbons (Fsp3) is 0.417. The first-order valence-corrected chi connectivity index (χ1v) is 10.9. The second kappa shape index (κ2) is 8.59. The summed E-state index contributed by atoms with van der Waals surface area (Å²) in [7, 11) is 0. The van der Waals surface area contributed by atoms with Gasteiger partial charge in [-0.1, -0.05) is 18.2 Å². The number of aryl methyl sites for hydroxylation is 1. The van der Waals surface area contributed by atoms with Crippen LogP contribution >= 0.6 is 0 Å². The van der Waals surface area contributed by atoms with Crippen molar-refractivity contribution in [3.63, 3.8) is 0 Å². The van der Waals surface area contributed by atoms with Gasteiger partial charge in [0.05, 0.1) is 30.7 Å². The summed E-state index contributed by atoms with van der Waals surface area (Å²) in [5.41, 5.74) is 3.88. The average Bonchev–Trinajstić information content (AvgIpc) is 3.06.